The van der Waals surface area contributed by atoms with Gasteiger partial charge in [0.05, 0.1) is 13.2 Å². The highest BCUT2D eigenvalue weighted by atomic mass is 16.7. The number of nitrogens with zero attached hydrogens (tertiary/aromatic N) is 1. The summed E-state index contributed by atoms with van der Waals surface area (Å²) in [6.07, 6.45) is 5.53. The largest absolute Gasteiger partial charge is 0.350 e. The zero-order valence-corrected chi connectivity index (χ0v) is 10.8. The van der Waals surface area contributed by atoms with Crippen molar-refractivity contribution in [2.45, 2.75) is 43.4 Å². The van der Waals surface area contributed by atoms with Gasteiger partial charge in [0.2, 0.25) is 0 Å². The fraction of sp³-hybridized carbons (Fsp3) is 1.00. The molecule has 0 radical (unpaired) electrons. The highest BCUT2D eigenvalue weighted by Gasteiger charge is 2.48. The third-order valence-electron chi connectivity index (χ3n) is 4.58. The number of nitrogens with one attached hydrogen (secondary N) is 1. The molecule has 1 N–H and O–H groups in total. The van der Waals surface area contributed by atoms with E-state index in [1.165, 1.54) is 25.9 Å². The minimum absolute atomic E-state index is 0.264. The maximum Gasteiger partial charge on any atom is 0.171 e. The summed E-state index contributed by atoms with van der Waals surface area (Å²) < 4.78 is 12.0. The number of hydrogen-bond acceptors (Lipinski definition) is 4. The monoisotopic (exact) mass is 240 g/mol. The smallest absolute Gasteiger partial charge is 0.171 e. The molecule has 98 valence electrons. The van der Waals surface area contributed by atoms with Crippen LogP contribution in [-0.4, -0.2) is 56.1 Å². The molecule has 0 aromatic carbocycles. The topological polar surface area (TPSA) is 33.7 Å². The molecule has 4 heteroatoms. The van der Waals surface area contributed by atoms with Gasteiger partial charge in [-0.1, -0.05) is 0 Å². The van der Waals surface area contributed by atoms with E-state index in [1.807, 2.05) is 0 Å². The van der Waals surface area contributed by atoms with Gasteiger partial charge in [0.15, 0.2) is 5.79 Å². The summed E-state index contributed by atoms with van der Waals surface area (Å²) in [5, 5.41) is 3.74. The van der Waals surface area contributed by atoms with E-state index in [9.17, 15) is 0 Å². The average molecular weight is 240 g/mol. The highest BCUT2D eigenvalue weighted by Crippen LogP contribution is 2.39. The van der Waals surface area contributed by atoms with Crippen LogP contribution in [0.2, 0.25) is 0 Å². The van der Waals surface area contributed by atoms with Gasteiger partial charge in [-0.05, 0) is 39.4 Å². The third-order valence-corrected chi connectivity index (χ3v) is 4.58. The van der Waals surface area contributed by atoms with Crippen molar-refractivity contribution >= 4 is 0 Å². The Hall–Kier alpha value is -0.160. The van der Waals surface area contributed by atoms with Crippen molar-refractivity contribution in [3.05, 3.63) is 0 Å². The van der Waals surface area contributed by atoms with E-state index in [0.717, 1.165) is 39.0 Å². The Morgan fingerprint density at radius 2 is 1.76 bits per heavy atom. The Morgan fingerprint density at radius 3 is 2.47 bits per heavy atom. The highest BCUT2D eigenvalue weighted by molar-refractivity contribution is 5.01. The molecule has 3 fully saturated rings. The van der Waals surface area contributed by atoms with Gasteiger partial charge in [-0.25, -0.2) is 0 Å². The molecule has 3 rings (SSSR count). The van der Waals surface area contributed by atoms with Crippen LogP contribution in [0.4, 0.5) is 0 Å². The molecule has 3 aliphatic rings. The maximum atomic E-state index is 5.98. The molecule has 17 heavy (non-hydrogen) atoms. The predicted molar refractivity (Wildman–Crippen MR) is 66.0 cm³/mol. The molecule has 3 saturated heterocycles. The number of hydrogen-bond donors (Lipinski definition) is 1. The Morgan fingerprint density at radius 1 is 1.06 bits per heavy atom. The Kier molecular flexibility index (Phi) is 3.15. The first kappa shape index (κ1) is 11.9. The first-order valence-electron chi connectivity index (χ1n) is 6.94. The molecular formula is C13H24N2O2. The molecule has 0 aliphatic carbocycles. The average Bonchev–Trinajstić information content (AvgIpc) is 2.35. The van der Waals surface area contributed by atoms with Crippen LogP contribution >= 0.6 is 0 Å². The van der Waals surface area contributed by atoms with Crippen LogP contribution < -0.4 is 5.32 Å². The van der Waals surface area contributed by atoms with Gasteiger partial charge in [-0.3, -0.25) is 0 Å². The summed E-state index contributed by atoms with van der Waals surface area (Å²) in [4.78, 5) is 2.41. The summed E-state index contributed by atoms with van der Waals surface area (Å²) in [5.41, 5.74) is 0.266. The maximum absolute atomic E-state index is 5.98. The summed E-state index contributed by atoms with van der Waals surface area (Å²) in [7, 11) is 2.21. The summed E-state index contributed by atoms with van der Waals surface area (Å²) in [6.45, 7) is 5.14. The first-order chi connectivity index (χ1) is 8.22. The summed E-state index contributed by atoms with van der Waals surface area (Å²) >= 11 is 0. The number of piperidine rings is 2. The predicted octanol–water partition coefficient (Wildman–Crippen LogP) is 0.967. The lowest BCUT2D eigenvalue weighted by Crippen LogP contribution is -2.63. The zero-order valence-electron chi connectivity index (χ0n) is 10.8. The molecule has 4 nitrogen and oxygen atoms in total. The zero-order chi connectivity index (χ0) is 11.8. The van der Waals surface area contributed by atoms with Gasteiger partial charge in [0.1, 0.15) is 0 Å². The summed E-state index contributed by atoms with van der Waals surface area (Å²) in [6, 6.07) is 0. The second kappa shape index (κ2) is 4.50. The molecule has 0 aromatic rings. The van der Waals surface area contributed by atoms with Gasteiger partial charge in [-0.15, -0.1) is 0 Å². The van der Waals surface area contributed by atoms with Crippen molar-refractivity contribution in [1.82, 2.24) is 10.2 Å². The van der Waals surface area contributed by atoms with Crippen molar-refractivity contribution in [1.29, 1.82) is 0 Å². The minimum atomic E-state index is -0.264. The van der Waals surface area contributed by atoms with Crippen molar-refractivity contribution < 1.29 is 9.47 Å². The van der Waals surface area contributed by atoms with Gasteiger partial charge in [0, 0.05) is 24.9 Å². The van der Waals surface area contributed by atoms with Crippen LogP contribution in [0.25, 0.3) is 0 Å². The molecule has 0 amide bonds. The molecule has 3 heterocycles. The molecule has 0 unspecified atom stereocenters. The Bertz CT molecular complexity index is 263. The van der Waals surface area contributed by atoms with Gasteiger partial charge >= 0.3 is 0 Å². The number of ether oxygens (including phenoxy) is 2. The molecule has 0 bridgehead atoms. The molecule has 0 aromatic heterocycles. The normalized spacial score (nSPS) is 33.0. The lowest BCUT2D eigenvalue weighted by Gasteiger charge is -2.52. The Balaban J connectivity index is 1.70. The molecule has 3 aliphatic heterocycles. The van der Waals surface area contributed by atoms with E-state index in [1.54, 1.807) is 0 Å². The van der Waals surface area contributed by atoms with Crippen LogP contribution in [0.15, 0.2) is 0 Å². The third kappa shape index (κ3) is 2.36. The molecule has 0 saturated carbocycles. The first-order valence-corrected chi connectivity index (χ1v) is 6.94. The fourth-order valence-corrected chi connectivity index (χ4v) is 3.45. The van der Waals surface area contributed by atoms with Crippen LogP contribution in [-0.2, 0) is 9.47 Å². The number of rotatable bonds is 0. The van der Waals surface area contributed by atoms with E-state index in [-0.39, 0.29) is 11.3 Å². The van der Waals surface area contributed by atoms with Crippen molar-refractivity contribution in [3.63, 3.8) is 0 Å². The molecule has 2 spiro atoms. The van der Waals surface area contributed by atoms with Gasteiger partial charge < -0.3 is 19.7 Å². The quantitative estimate of drug-likeness (QED) is 0.684. The van der Waals surface area contributed by atoms with Crippen molar-refractivity contribution in [3.8, 4) is 0 Å². The lowest BCUT2D eigenvalue weighted by atomic mass is 9.77. The van der Waals surface area contributed by atoms with Gasteiger partial charge in [-0.2, -0.15) is 0 Å². The second-order valence-electron chi connectivity index (χ2n) is 5.90. The minimum Gasteiger partial charge on any atom is -0.350 e. The van der Waals surface area contributed by atoms with E-state index in [2.05, 4.69) is 17.3 Å². The lowest BCUT2D eigenvalue weighted by molar-refractivity contribution is -0.289. The van der Waals surface area contributed by atoms with Crippen LogP contribution in [0.5, 0.6) is 0 Å². The molecular weight excluding hydrogens is 216 g/mol. The summed E-state index contributed by atoms with van der Waals surface area (Å²) in [5.74, 6) is -0.264. The standard InChI is InChI=1S/C13H24N2O2/c1-15-7-4-12(5-8-15)11-13(3-6-14-12)16-9-2-10-17-13/h14H,2-11H2,1H3. The second-order valence-corrected chi connectivity index (χ2v) is 5.90. The Labute approximate surface area is 104 Å². The number of likely N-dealkylation sites (tertiary alicyclic amines) is 1. The molecule has 0 atom stereocenters. The van der Waals surface area contributed by atoms with E-state index >= 15 is 0 Å². The van der Waals surface area contributed by atoms with Gasteiger partial charge in [0.25, 0.3) is 0 Å². The van der Waals surface area contributed by atoms with Crippen LogP contribution in [0.3, 0.4) is 0 Å². The van der Waals surface area contributed by atoms with Crippen LogP contribution in [0, 0.1) is 0 Å². The van der Waals surface area contributed by atoms with Crippen molar-refractivity contribution in [2.75, 3.05) is 39.9 Å². The SMILES string of the molecule is CN1CCC2(CC1)CC1(CCN2)OCCCO1. The van der Waals surface area contributed by atoms with Crippen molar-refractivity contribution in [2.24, 2.45) is 0 Å². The fourth-order valence-electron chi connectivity index (χ4n) is 3.45. The van der Waals surface area contributed by atoms with E-state index < -0.39 is 0 Å². The van der Waals surface area contributed by atoms with E-state index in [0.29, 0.717) is 0 Å². The van der Waals surface area contributed by atoms with Crippen LogP contribution in [0.1, 0.15) is 32.1 Å². The van der Waals surface area contributed by atoms with E-state index in [4.69, 9.17) is 9.47 Å².